The van der Waals surface area contributed by atoms with Crippen molar-refractivity contribution in [1.82, 2.24) is 15.3 Å². The Bertz CT molecular complexity index is 1110. The first-order valence-electron chi connectivity index (χ1n) is 11.1. The van der Waals surface area contributed by atoms with Crippen molar-refractivity contribution in [2.75, 3.05) is 32.2 Å². The highest BCUT2D eigenvalue weighted by atomic mass is 16.6. The lowest BCUT2D eigenvalue weighted by Crippen LogP contribution is -2.46. The summed E-state index contributed by atoms with van der Waals surface area (Å²) in [5.74, 6) is 1.72. The molecule has 2 N–H and O–H groups in total. The number of nitrogens with one attached hydrogen (secondary N) is 2. The lowest BCUT2D eigenvalue weighted by molar-refractivity contribution is -0.124. The second-order valence-electron chi connectivity index (χ2n) is 8.12. The van der Waals surface area contributed by atoms with E-state index in [4.69, 9.17) is 18.9 Å². The topological polar surface area (TPSA) is 104 Å². The van der Waals surface area contributed by atoms with Gasteiger partial charge in [-0.3, -0.25) is 4.79 Å². The summed E-state index contributed by atoms with van der Waals surface area (Å²) in [6.07, 6.45) is 1.25. The van der Waals surface area contributed by atoms with Crippen molar-refractivity contribution in [2.24, 2.45) is 0 Å². The van der Waals surface area contributed by atoms with Crippen molar-refractivity contribution in [3.63, 3.8) is 0 Å². The molecule has 2 aliphatic rings. The van der Waals surface area contributed by atoms with Crippen LogP contribution in [0.4, 0.5) is 5.95 Å². The highest BCUT2D eigenvalue weighted by Crippen LogP contribution is 2.29. The quantitative estimate of drug-likeness (QED) is 0.526. The van der Waals surface area contributed by atoms with Crippen LogP contribution in [-0.4, -0.2) is 67.1 Å². The first-order chi connectivity index (χ1) is 16.7. The predicted molar refractivity (Wildman–Crippen MR) is 125 cm³/mol. The van der Waals surface area contributed by atoms with Crippen LogP contribution in [0.1, 0.15) is 0 Å². The van der Waals surface area contributed by atoms with E-state index < -0.39 is 0 Å². The molecule has 2 aliphatic heterocycles. The van der Waals surface area contributed by atoms with Crippen molar-refractivity contribution in [1.29, 1.82) is 0 Å². The van der Waals surface area contributed by atoms with Crippen LogP contribution >= 0.6 is 0 Å². The third kappa shape index (κ3) is 4.95. The summed E-state index contributed by atoms with van der Waals surface area (Å²) in [4.78, 5) is 21.3. The number of benzene rings is 2. The zero-order chi connectivity index (χ0) is 23.3. The number of carbonyl (C=O) groups is 1. The summed E-state index contributed by atoms with van der Waals surface area (Å²) < 4.78 is 22.7. The van der Waals surface area contributed by atoms with Crippen molar-refractivity contribution >= 4 is 11.9 Å². The minimum absolute atomic E-state index is 0.0639. The Balaban J connectivity index is 1.16. The molecule has 0 aliphatic carbocycles. The molecule has 4 unspecified atom stereocenters. The van der Waals surface area contributed by atoms with Gasteiger partial charge in [0.2, 0.25) is 5.95 Å². The fourth-order valence-corrected chi connectivity index (χ4v) is 4.18. The molecule has 0 spiro atoms. The van der Waals surface area contributed by atoms with E-state index in [2.05, 4.69) is 20.6 Å². The first kappa shape index (κ1) is 22.1. The number of aromatic nitrogens is 2. The van der Waals surface area contributed by atoms with Gasteiger partial charge in [-0.05, 0) is 42.5 Å². The Labute approximate surface area is 197 Å². The van der Waals surface area contributed by atoms with Gasteiger partial charge in [0.05, 0.1) is 38.1 Å². The van der Waals surface area contributed by atoms with Crippen LogP contribution in [0.2, 0.25) is 0 Å². The summed E-state index contributed by atoms with van der Waals surface area (Å²) in [6, 6.07) is 18.4. The van der Waals surface area contributed by atoms with E-state index in [9.17, 15) is 4.79 Å². The number of methoxy groups -OCH3 is 1. The summed E-state index contributed by atoms with van der Waals surface area (Å²) in [7, 11) is 1.64. The maximum absolute atomic E-state index is 12.4. The summed E-state index contributed by atoms with van der Waals surface area (Å²) in [6.45, 7) is 0.737. The minimum Gasteiger partial charge on any atom is -0.497 e. The SMILES string of the molecule is COc1ccc(-c2ccnc(NC3COC4C(NC(=O)COc5ccccc5)COC34)n2)cc1. The molecular formula is C25H26N4O5. The molecule has 3 heterocycles. The van der Waals surface area contributed by atoms with Crippen LogP contribution in [0.25, 0.3) is 11.3 Å². The molecule has 2 aromatic carbocycles. The Morgan fingerprint density at radius 1 is 0.971 bits per heavy atom. The number of hydrogen-bond donors (Lipinski definition) is 2. The number of amides is 1. The molecule has 1 amide bonds. The van der Waals surface area contributed by atoms with Gasteiger partial charge in [-0.15, -0.1) is 0 Å². The Morgan fingerprint density at radius 2 is 1.71 bits per heavy atom. The van der Waals surface area contributed by atoms with E-state index in [1.165, 1.54) is 0 Å². The Morgan fingerprint density at radius 3 is 2.47 bits per heavy atom. The summed E-state index contributed by atoms with van der Waals surface area (Å²) in [5.41, 5.74) is 1.76. The number of anilines is 1. The van der Waals surface area contributed by atoms with Gasteiger partial charge in [0.15, 0.2) is 6.61 Å². The molecule has 4 atom stereocenters. The van der Waals surface area contributed by atoms with E-state index in [0.717, 1.165) is 17.0 Å². The Kier molecular flexibility index (Phi) is 6.55. The second-order valence-corrected chi connectivity index (χ2v) is 8.12. The molecule has 5 rings (SSSR count). The number of para-hydroxylation sites is 1. The van der Waals surface area contributed by atoms with E-state index in [0.29, 0.717) is 24.9 Å². The van der Waals surface area contributed by atoms with Gasteiger partial charge in [-0.1, -0.05) is 18.2 Å². The maximum Gasteiger partial charge on any atom is 0.258 e. The lowest BCUT2D eigenvalue weighted by Gasteiger charge is -2.18. The van der Waals surface area contributed by atoms with Crippen LogP contribution in [0.3, 0.4) is 0 Å². The molecule has 0 radical (unpaired) electrons. The van der Waals surface area contributed by atoms with Gasteiger partial charge in [0.1, 0.15) is 23.7 Å². The molecule has 0 saturated carbocycles. The van der Waals surface area contributed by atoms with Gasteiger partial charge in [0, 0.05) is 11.8 Å². The smallest absolute Gasteiger partial charge is 0.258 e. The molecule has 2 fully saturated rings. The molecule has 34 heavy (non-hydrogen) atoms. The minimum atomic E-state index is -0.247. The van der Waals surface area contributed by atoms with Gasteiger partial charge in [-0.2, -0.15) is 0 Å². The normalized spacial score (nSPS) is 23.2. The van der Waals surface area contributed by atoms with E-state index in [-0.39, 0.29) is 36.8 Å². The van der Waals surface area contributed by atoms with Crippen LogP contribution in [-0.2, 0) is 14.3 Å². The number of hydrogen-bond acceptors (Lipinski definition) is 8. The third-order valence-corrected chi connectivity index (χ3v) is 5.87. The lowest BCUT2D eigenvalue weighted by atomic mass is 10.1. The predicted octanol–water partition coefficient (Wildman–Crippen LogP) is 2.29. The highest BCUT2D eigenvalue weighted by Gasteiger charge is 2.48. The molecule has 2 saturated heterocycles. The summed E-state index contributed by atoms with van der Waals surface area (Å²) >= 11 is 0. The van der Waals surface area contributed by atoms with Gasteiger partial charge < -0.3 is 29.6 Å². The van der Waals surface area contributed by atoms with E-state index in [1.54, 1.807) is 13.3 Å². The number of rotatable bonds is 8. The van der Waals surface area contributed by atoms with Crippen molar-refractivity contribution in [2.45, 2.75) is 24.3 Å². The van der Waals surface area contributed by atoms with Crippen LogP contribution in [0.15, 0.2) is 66.9 Å². The van der Waals surface area contributed by atoms with Gasteiger partial charge >= 0.3 is 0 Å². The molecule has 9 nitrogen and oxygen atoms in total. The Hall–Kier alpha value is -3.69. The fraction of sp³-hybridized carbons (Fsp3) is 0.320. The van der Waals surface area contributed by atoms with Crippen molar-refractivity contribution in [3.05, 3.63) is 66.9 Å². The molecule has 3 aromatic rings. The third-order valence-electron chi connectivity index (χ3n) is 5.87. The molecule has 1 aromatic heterocycles. The first-order valence-corrected chi connectivity index (χ1v) is 11.1. The molecule has 0 bridgehead atoms. The van der Waals surface area contributed by atoms with Crippen LogP contribution in [0, 0.1) is 0 Å². The standard InChI is InChI=1S/C25H26N4O5/c1-31-17-9-7-16(8-10-17)19-11-12-26-25(28-19)29-21-14-34-23-20(13-33-24(21)23)27-22(30)15-32-18-5-3-2-4-6-18/h2-12,20-21,23-24H,13-15H2,1H3,(H,27,30)(H,26,28,29). The average molecular weight is 463 g/mol. The number of carbonyl (C=O) groups excluding carboxylic acids is 1. The zero-order valence-electron chi connectivity index (χ0n) is 18.7. The molecule has 176 valence electrons. The highest BCUT2D eigenvalue weighted by molar-refractivity contribution is 5.78. The van der Waals surface area contributed by atoms with Crippen LogP contribution < -0.4 is 20.1 Å². The summed E-state index contributed by atoms with van der Waals surface area (Å²) in [5, 5.41) is 6.29. The van der Waals surface area contributed by atoms with Crippen molar-refractivity contribution < 1.29 is 23.7 Å². The van der Waals surface area contributed by atoms with Crippen molar-refractivity contribution in [3.8, 4) is 22.8 Å². The maximum atomic E-state index is 12.4. The second kappa shape index (κ2) is 10.1. The van der Waals surface area contributed by atoms with Crippen LogP contribution in [0.5, 0.6) is 11.5 Å². The van der Waals surface area contributed by atoms with Gasteiger partial charge in [-0.25, -0.2) is 9.97 Å². The largest absolute Gasteiger partial charge is 0.497 e. The number of ether oxygens (including phenoxy) is 4. The monoisotopic (exact) mass is 462 g/mol. The number of nitrogens with zero attached hydrogens (tertiary/aromatic N) is 2. The molecular weight excluding hydrogens is 436 g/mol. The van der Waals surface area contributed by atoms with Gasteiger partial charge in [0.25, 0.3) is 5.91 Å². The van der Waals surface area contributed by atoms with E-state index in [1.807, 2.05) is 60.7 Å². The number of fused-ring (bicyclic) bond motifs is 1. The molecule has 9 heteroatoms. The average Bonchev–Trinajstić information content (AvgIpc) is 3.47. The fourth-order valence-electron chi connectivity index (χ4n) is 4.18. The zero-order valence-corrected chi connectivity index (χ0v) is 18.7. The van der Waals surface area contributed by atoms with E-state index >= 15 is 0 Å².